The standard InChI is InChI=1S/C13H19N3O5/c1-2-14-11-9-10(3-4-12(11)16(20)21)13(19)15(5-7-17)6-8-18/h3-4,9,14,17-18H,2,5-8H2,1H3. The van der Waals surface area contributed by atoms with E-state index in [4.69, 9.17) is 10.2 Å². The van der Waals surface area contributed by atoms with Gasteiger partial charge in [-0.1, -0.05) is 0 Å². The zero-order valence-corrected chi connectivity index (χ0v) is 11.8. The zero-order valence-electron chi connectivity index (χ0n) is 11.8. The van der Waals surface area contributed by atoms with Gasteiger partial charge >= 0.3 is 0 Å². The van der Waals surface area contributed by atoms with Crippen molar-refractivity contribution in [1.29, 1.82) is 0 Å². The van der Waals surface area contributed by atoms with E-state index in [9.17, 15) is 14.9 Å². The van der Waals surface area contributed by atoms with E-state index in [1.807, 2.05) is 0 Å². The molecular formula is C13H19N3O5. The fraction of sp³-hybridized carbons (Fsp3) is 0.462. The van der Waals surface area contributed by atoms with Crippen molar-refractivity contribution in [3.05, 3.63) is 33.9 Å². The molecule has 0 fully saturated rings. The molecule has 21 heavy (non-hydrogen) atoms. The van der Waals surface area contributed by atoms with Crippen molar-refractivity contribution in [1.82, 2.24) is 4.90 Å². The predicted octanol–water partition coefficient (Wildman–Crippen LogP) is 0.453. The maximum Gasteiger partial charge on any atom is 0.292 e. The van der Waals surface area contributed by atoms with Crippen molar-refractivity contribution in [2.24, 2.45) is 0 Å². The number of anilines is 1. The molecule has 0 radical (unpaired) electrons. The van der Waals surface area contributed by atoms with Gasteiger partial charge in [-0.15, -0.1) is 0 Å². The Morgan fingerprint density at radius 1 is 1.33 bits per heavy atom. The largest absolute Gasteiger partial charge is 0.395 e. The van der Waals surface area contributed by atoms with Crippen molar-refractivity contribution in [3.8, 4) is 0 Å². The smallest absolute Gasteiger partial charge is 0.292 e. The van der Waals surface area contributed by atoms with Crippen LogP contribution in [0.15, 0.2) is 18.2 Å². The lowest BCUT2D eigenvalue weighted by Crippen LogP contribution is -2.35. The van der Waals surface area contributed by atoms with E-state index in [2.05, 4.69) is 5.32 Å². The quantitative estimate of drug-likeness (QED) is 0.474. The van der Waals surface area contributed by atoms with Gasteiger partial charge < -0.3 is 20.4 Å². The number of aliphatic hydroxyl groups is 2. The van der Waals surface area contributed by atoms with E-state index in [-0.39, 0.29) is 43.2 Å². The Kier molecular flexibility index (Phi) is 6.57. The Bertz CT molecular complexity index is 501. The fourth-order valence-corrected chi connectivity index (χ4v) is 1.90. The highest BCUT2D eigenvalue weighted by Crippen LogP contribution is 2.25. The van der Waals surface area contributed by atoms with Gasteiger partial charge in [0.15, 0.2) is 0 Å². The molecule has 0 aromatic heterocycles. The van der Waals surface area contributed by atoms with E-state index < -0.39 is 10.8 Å². The number of amides is 1. The number of rotatable bonds is 8. The minimum Gasteiger partial charge on any atom is -0.395 e. The van der Waals surface area contributed by atoms with Gasteiger partial charge in [-0.2, -0.15) is 0 Å². The number of nitro benzene ring substituents is 1. The molecule has 3 N–H and O–H groups in total. The van der Waals surface area contributed by atoms with Gasteiger partial charge in [0.05, 0.1) is 18.1 Å². The van der Waals surface area contributed by atoms with E-state index >= 15 is 0 Å². The Morgan fingerprint density at radius 3 is 2.43 bits per heavy atom. The van der Waals surface area contributed by atoms with Crippen LogP contribution in [0.3, 0.4) is 0 Å². The van der Waals surface area contributed by atoms with Crippen LogP contribution in [-0.4, -0.2) is 58.8 Å². The van der Waals surface area contributed by atoms with Gasteiger partial charge in [-0.3, -0.25) is 14.9 Å². The summed E-state index contributed by atoms with van der Waals surface area (Å²) in [4.78, 5) is 24.0. The molecule has 0 aliphatic heterocycles. The van der Waals surface area contributed by atoms with Crippen LogP contribution in [0.1, 0.15) is 17.3 Å². The van der Waals surface area contributed by atoms with E-state index in [1.54, 1.807) is 6.92 Å². The van der Waals surface area contributed by atoms with Crippen LogP contribution < -0.4 is 5.32 Å². The molecule has 0 bridgehead atoms. The lowest BCUT2D eigenvalue weighted by molar-refractivity contribution is -0.384. The summed E-state index contributed by atoms with van der Waals surface area (Å²) >= 11 is 0. The number of nitrogens with zero attached hydrogens (tertiary/aromatic N) is 2. The van der Waals surface area contributed by atoms with Crippen molar-refractivity contribution in [3.63, 3.8) is 0 Å². The highest BCUT2D eigenvalue weighted by atomic mass is 16.6. The van der Waals surface area contributed by atoms with Gasteiger partial charge in [-0.05, 0) is 19.1 Å². The first-order chi connectivity index (χ1) is 10.0. The lowest BCUT2D eigenvalue weighted by atomic mass is 10.1. The molecule has 0 heterocycles. The molecule has 8 nitrogen and oxygen atoms in total. The number of hydrogen-bond acceptors (Lipinski definition) is 6. The first kappa shape index (κ1) is 16.9. The minimum absolute atomic E-state index is 0.0902. The van der Waals surface area contributed by atoms with Crippen molar-refractivity contribution in [2.45, 2.75) is 6.92 Å². The molecule has 8 heteroatoms. The second-order valence-electron chi connectivity index (χ2n) is 4.26. The number of aliphatic hydroxyl groups excluding tert-OH is 2. The van der Waals surface area contributed by atoms with Crippen molar-refractivity contribution >= 4 is 17.3 Å². The molecule has 0 aliphatic carbocycles. The maximum atomic E-state index is 12.3. The summed E-state index contributed by atoms with van der Waals surface area (Å²) in [5, 5.41) is 31.6. The maximum absolute atomic E-state index is 12.3. The molecule has 0 spiro atoms. The van der Waals surface area contributed by atoms with Crippen LogP contribution in [0.2, 0.25) is 0 Å². The number of nitro groups is 1. The summed E-state index contributed by atoms with van der Waals surface area (Å²) in [6.45, 7) is 2.01. The summed E-state index contributed by atoms with van der Waals surface area (Å²) in [5.41, 5.74) is 0.420. The molecule has 1 aromatic carbocycles. The van der Waals surface area contributed by atoms with E-state index in [0.29, 0.717) is 6.54 Å². The highest BCUT2D eigenvalue weighted by Gasteiger charge is 2.19. The number of nitrogens with one attached hydrogen (secondary N) is 1. The Labute approximate surface area is 122 Å². The third kappa shape index (κ3) is 4.40. The van der Waals surface area contributed by atoms with Crippen LogP contribution in [-0.2, 0) is 0 Å². The number of benzene rings is 1. The summed E-state index contributed by atoms with van der Waals surface area (Å²) < 4.78 is 0. The van der Waals surface area contributed by atoms with Gasteiger partial charge in [-0.25, -0.2) is 0 Å². The van der Waals surface area contributed by atoms with Gasteiger partial charge in [0, 0.05) is 31.3 Å². The molecule has 1 amide bonds. The fourth-order valence-electron chi connectivity index (χ4n) is 1.90. The first-order valence-electron chi connectivity index (χ1n) is 6.58. The van der Waals surface area contributed by atoms with E-state index in [1.165, 1.54) is 23.1 Å². The average molecular weight is 297 g/mol. The summed E-state index contributed by atoms with van der Waals surface area (Å²) in [5.74, 6) is -0.396. The molecule has 0 unspecified atom stereocenters. The summed E-state index contributed by atoms with van der Waals surface area (Å²) in [7, 11) is 0. The van der Waals surface area contributed by atoms with Crippen LogP contribution in [0, 0.1) is 10.1 Å². The lowest BCUT2D eigenvalue weighted by Gasteiger charge is -2.21. The molecule has 1 aromatic rings. The zero-order chi connectivity index (χ0) is 15.8. The SMILES string of the molecule is CCNc1cc(C(=O)N(CCO)CCO)ccc1[N+](=O)[O-]. The molecule has 0 atom stereocenters. The number of hydrogen-bond donors (Lipinski definition) is 3. The molecule has 1 rings (SSSR count). The first-order valence-corrected chi connectivity index (χ1v) is 6.58. The molecule has 0 saturated heterocycles. The second kappa shape index (κ2) is 8.18. The third-order valence-corrected chi connectivity index (χ3v) is 2.83. The Hall–Kier alpha value is -2.19. The van der Waals surface area contributed by atoms with Crippen LogP contribution in [0.25, 0.3) is 0 Å². The summed E-state index contributed by atoms with van der Waals surface area (Å²) in [6.07, 6.45) is 0. The van der Waals surface area contributed by atoms with Gasteiger partial charge in [0.2, 0.25) is 0 Å². The summed E-state index contributed by atoms with van der Waals surface area (Å²) in [6, 6.07) is 4.04. The van der Waals surface area contributed by atoms with E-state index in [0.717, 1.165) is 0 Å². The molecule has 0 aliphatic rings. The third-order valence-electron chi connectivity index (χ3n) is 2.83. The Balaban J connectivity index is 3.08. The van der Waals surface area contributed by atoms with Crippen LogP contribution >= 0.6 is 0 Å². The predicted molar refractivity (Wildman–Crippen MR) is 77.3 cm³/mol. The van der Waals surface area contributed by atoms with Crippen LogP contribution in [0.5, 0.6) is 0 Å². The molecular weight excluding hydrogens is 278 g/mol. The van der Waals surface area contributed by atoms with Crippen molar-refractivity contribution in [2.75, 3.05) is 38.2 Å². The average Bonchev–Trinajstić information content (AvgIpc) is 2.46. The monoisotopic (exact) mass is 297 g/mol. The van der Waals surface area contributed by atoms with Gasteiger partial charge in [0.25, 0.3) is 11.6 Å². The normalized spacial score (nSPS) is 10.2. The number of carbonyl (C=O) groups excluding carboxylic acids is 1. The van der Waals surface area contributed by atoms with Crippen LogP contribution in [0.4, 0.5) is 11.4 Å². The minimum atomic E-state index is -0.522. The highest BCUT2D eigenvalue weighted by molar-refractivity contribution is 5.96. The molecule has 0 saturated carbocycles. The topological polar surface area (TPSA) is 116 Å². The molecule has 116 valence electrons. The van der Waals surface area contributed by atoms with Crippen molar-refractivity contribution < 1.29 is 19.9 Å². The van der Waals surface area contributed by atoms with Gasteiger partial charge in [0.1, 0.15) is 5.69 Å². The Morgan fingerprint density at radius 2 is 1.95 bits per heavy atom. The number of carbonyl (C=O) groups is 1. The second-order valence-corrected chi connectivity index (χ2v) is 4.26.